The number of pyridine rings is 1. The smallest absolute Gasteiger partial charge is 0.407 e. The second-order valence-corrected chi connectivity index (χ2v) is 12.1. The van der Waals surface area contributed by atoms with Crippen LogP contribution >= 0.6 is 0 Å². The zero-order valence-electron chi connectivity index (χ0n) is 24.4. The molecule has 0 bridgehead atoms. The summed E-state index contributed by atoms with van der Waals surface area (Å²) >= 11 is 0. The number of nitrogens with one attached hydrogen (secondary N) is 1. The number of rotatable bonds is 6. The molecule has 0 saturated carbocycles. The van der Waals surface area contributed by atoms with Crippen molar-refractivity contribution >= 4 is 28.8 Å². The van der Waals surface area contributed by atoms with Crippen LogP contribution in [0.4, 0.5) is 21.0 Å². The third-order valence-electron chi connectivity index (χ3n) is 7.62. The lowest BCUT2D eigenvalue weighted by Crippen LogP contribution is -2.59. The second-order valence-electron chi connectivity index (χ2n) is 12.1. The molecule has 216 valence electrons. The van der Waals surface area contributed by atoms with Crippen LogP contribution in [0.2, 0.25) is 0 Å². The fourth-order valence-corrected chi connectivity index (χ4v) is 5.60. The van der Waals surface area contributed by atoms with Crippen molar-refractivity contribution in [2.75, 3.05) is 25.0 Å². The molecule has 1 saturated heterocycles. The van der Waals surface area contributed by atoms with E-state index in [1.807, 2.05) is 42.1 Å². The lowest BCUT2D eigenvalue weighted by molar-refractivity contribution is 0.0190. The lowest BCUT2D eigenvalue weighted by Gasteiger charge is -2.46. The van der Waals surface area contributed by atoms with Crippen LogP contribution in [-0.2, 0) is 13.6 Å². The van der Waals surface area contributed by atoms with Crippen molar-refractivity contribution in [3.63, 3.8) is 0 Å². The minimum Gasteiger partial charge on any atom is -0.465 e. The molecule has 1 aliphatic rings. The molecule has 0 radical (unpaired) electrons. The van der Waals surface area contributed by atoms with Gasteiger partial charge in [0.1, 0.15) is 11.5 Å². The van der Waals surface area contributed by atoms with Gasteiger partial charge in [-0.3, -0.25) is 9.58 Å². The van der Waals surface area contributed by atoms with Gasteiger partial charge in [-0.05, 0) is 35.1 Å². The first-order valence-electron chi connectivity index (χ1n) is 13.8. The molecule has 1 aliphatic heterocycles. The standard InChI is InChI=1S/C30H37FN8O2/c1-18(2)27-21-13-20(8-9-23(21)36-37(27)6)26-22(31)15-33-28(35-26)34-25-10-7-19(14-32-25)16-38-11-12-39(29(40)41)24(17-38)30(3,4)5/h7-10,13-15,18,24H,11-12,16-17H2,1-6H3,(H,40,41)(H,32,33,34,35). The summed E-state index contributed by atoms with van der Waals surface area (Å²) in [4.78, 5) is 28.7. The maximum atomic E-state index is 14.9. The fourth-order valence-electron chi connectivity index (χ4n) is 5.60. The van der Waals surface area contributed by atoms with E-state index in [1.165, 1.54) is 0 Å². The molecule has 1 unspecified atom stereocenters. The van der Waals surface area contributed by atoms with Crippen LogP contribution in [0, 0.1) is 11.2 Å². The highest BCUT2D eigenvalue weighted by molar-refractivity contribution is 5.87. The Bertz CT molecular complexity index is 1560. The Balaban J connectivity index is 1.30. The average Bonchev–Trinajstić information content (AvgIpc) is 3.25. The van der Waals surface area contributed by atoms with E-state index >= 15 is 0 Å². The van der Waals surface area contributed by atoms with E-state index < -0.39 is 11.9 Å². The van der Waals surface area contributed by atoms with Gasteiger partial charge in [-0.15, -0.1) is 0 Å². The van der Waals surface area contributed by atoms with Crippen molar-refractivity contribution in [1.29, 1.82) is 0 Å². The lowest BCUT2D eigenvalue weighted by atomic mass is 9.84. The van der Waals surface area contributed by atoms with E-state index in [4.69, 9.17) is 0 Å². The molecule has 10 nitrogen and oxygen atoms in total. The van der Waals surface area contributed by atoms with E-state index in [2.05, 4.69) is 64.9 Å². The number of amides is 1. The molecule has 2 N–H and O–H groups in total. The SMILES string of the molecule is CC(C)c1c2cc(-c3nc(Nc4ccc(CN5CCN(C(=O)O)C(C(C)(C)C)C5)cn4)ncc3F)ccc2nn1C. The Morgan fingerprint density at radius 2 is 1.93 bits per heavy atom. The Morgan fingerprint density at radius 1 is 1.15 bits per heavy atom. The van der Waals surface area contributed by atoms with E-state index in [1.54, 1.807) is 11.1 Å². The maximum Gasteiger partial charge on any atom is 0.407 e. The number of anilines is 2. The van der Waals surface area contributed by atoms with Crippen molar-refractivity contribution in [3.8, 4) is 11.3 Å². The van der Waals surface area contributed by atoms with Crippen LogP contribution in [0.25, 0.3) is 22.2 Å². The second kappa shape index (κ2) is 11.0. The Hall–Kier alpha value is -4.12. The molecule has 4 heterocycles. The van der Waals surface area contributed by atoms with Crippen molar-refractivity contribution in [2.45, 2.75) is 53.1 Å². The van der Waals surface area contributed by atoms with Crippen LogP contribution in [0.1, 0.15) is 51.8 Å². The van der Waals surface area contributed by atoms with Gasteiger partial charge in [0.15, 0.2) is 5.82 Å². The number of hydrogen-bond acceptors (Lipinski definition) is 7. The number of carboxylic acid groups (broad SMARTS) is 1. The van der Waals surface area contributed by atoms with Crippen molar-refractivity contribution in [2.24, 2.45) is 12.5 Å². The predicted octanol–water partition coefficient (Wildman–Crippen LogP) is 5.64. The summed E-state index contributed by atoms with van der Waals surface area (Å²) < 4.78 is 16.7. The molecule has 1 aromatic carbocycles. The minimum absolute atomic E-state index is 0.0942. The highest BCUT2D eigenvalue weighted by atomic mass is 19.1. The number of aryl methyl sites for hydroxylation is 1. The van der Waals surface area contributed by atoms with Gasteiger partial charge < -0.3 is 15.3 Å². The van der Waals surface area contributed by atoms with E-state index in [-0.39, 0.29) is 29.0 Å². The first-order chi connectivity index (χ1) is 19.4. The quantitative estimate of drug-likeness (QED) is 0.312. The molecular formula is C30H37FN8O2. The number of nitrogens with zero attached hydrogens (tertiary/aromatic N) is 7. The molecule has 41 heavy (non-hydrogen) atoms. The van der Waals surface area contributed by atoms with Crippen LogP contribution in [-0.4, -0.2) is 71.4 Å². The topological polar surface area (TPSA) is 112 Å². The van der Waals surface area contributed by atoms with Gasteiger partial charge in [0, 0.05) is 56.1 Å². The fraction of sp³-hybridized carbons (Fsp3) is 0.433. The normalized spacial score (nSPS) is 16.5. The molecule has 1 fully saturated rings. The Morgan fingerprint density at radius 3 is 2.59 bits per heavy atom. The van der Waals surface area contributed by atoms with Gasteiger partial charge in [0.05, 0.1) is 17.8 Å². The van der Waals surface area contributed by atoms with Crippen LogP contribution < -0.4 is 5.32 Å². The van der Waals surface area contributed by atoms with Gasteiger partial charge in [-0.25, -0.2) is 24.1 Å². The first-order valence-corrected chi connectivity index (χ1v) is 13.8. The highest BCUT2D eigenvalue weighted by Crippen LogP contribution is 2.31. The summed E-state index contributed by atoms with van der Waals surface area (Å²) in [6.45, 7) is 12.9. The van der Waals surface area contributed by atoms with E-state index in [9.17, 15) is 14.3 Å². The summed E-state index contributed by atoms with van der Waals surface area (Å²) in [7, 11) is 1.92. The van der Waals surface area contributed by atoms with Gasteiger partial charge in [-0.2, -0.15) is 5.10 Å². The molecule has 11 heteroatoms. The largest absolute Gasteiger partial charge is 0.465 e. The Labute approximate surface area is 239 Å². The monoisotopic (exact) mass is 560 g/mol. The molecule has 1 amide bonds. The molecule has 5 rings (SSSR count). The summed E-state index contributed by atoms with van der Waals surface area (Å²) in [5, 5.41) is 18.3. The molecule has 3 aromatic heterocycles. The molecule has 4 aromatic rings. The minimum atomic E-state index is -0.870. The van der Waals surface area contributed by atoms with Gasteiger partial charge in [-0.1, -0.05) is 46.8 Å². The highest BCUT2D eigenvalue weighted by Gasteiger charge is 2.37. The number of hydrogen-bond donors (Lipinski definition) is 2. The summed E-state index contributed by atoms with van der Waals surface area (Å²) in [6, 6.07) is 9.36. The Kier molecular flexibility index (Phi) is 7.65. The molecular weight excluding hydrogens is 523 g/mol. The van der Waals surface area contributed by atoms with Gasteiger partial charge >= 0.3 is 6.09 Å². The van der Waals surface area contributed by atoms with Gasteiger partial charge in [0.25, 0.3) is 0 Å². The molecule has 0 spiro atoms. The van der Waals surface area contributed by atoms with Gasteiger partial charge in [0.2, 0.25) is 5.95 Å². The predicted molar refractivity (Wildman–Crippen MR) is 157 cm³/mol. The zero-order valence-corrected chi connectivity index (χ0v) is 24.4. The number of benzene rings is 1. The number of aromatic nitrogens is 5. The number of halogens is 1. The van der Waals surface area contributed by atoms with E-state index in [0.29, 0.717) is 37.6 Å². The van der Waals surface area contributed by atoms with Crippen LogP contribution in [0.5, 0.6) is 0 Å². The third kappa shape index (κ3) is 6.00. The number of fused-ring (bicyclic) bond motifs is 1. The summed E-state index contributed by atoms with van der Waals surface area (Å²) in [5.74, 6) is 0.537. The number of carbonyl (C=O) groups is 1. The van der Waals surface area contributed by atoms with Crippen molar-refractivity contribution in [1.82, 2.24) is 34.5 Å². The first kappa shape index (κ1) is 28.4. The third-order valence-corrected chi connectivity index (χ3v) is 7.62. The summed E-state index contributed by atoms with van der Waals surface area (Å²) in [5.41, 5.74) is 3.63. The molecule has 1 atom stereocenters. The van der Waals surface area contributed by atoms with Crippen LogP contribution in [0.3, 0.4) is 0 Å². The van der Waals surface area contributed by atoms with Crippen molar-refractivity contribution in [3.05, 3.63) is 59.8 Å². The number of piperazine rings is 1. The van der Waals surface area contributed by atoms with Crippen molar-refractivity contribution < 1.29 is 14.3 Å². The van der Waals surface area contributed by atoms with E-state index in [0.717, 1.165) is 28.4 Å². The zero-order chi connectivity index (χ0) is 29.5. The maximum absolute atomic E-state index is 14.9. The molecule has 0 aliphatic carbocycles. The van der Waals surface area contributed by atoms with Crippen LogP contribution in [0.15, 0.2) is 42.7 Å². The average molecular weight is 561 g/mol. The summed E-state index contributed by atoms with van der Waals surface area (Å²) in [6.07, 6.45) is 2.08.